The minimum atomic E-state index is 0.609. The van der Waals surface area contributed by atoms with Crippen LogP contribution in [-0.2, 0) is 0 Å². The first-order chi connectivity index (χ1) is 33.2. The summed E-state index contributed by atoms with van der Waals surface area (Å²) in [6.45, 7) is 0. The van der Waals surface area contributed by atoms with E-state index >= 15 is 0 Å². The lowest BCUT2D eigenvalue weighted by Gasteiger charge is -2.24. The van der Waals surface area contributed by atoms with Crippen molar-refractivity contribution in [1.29, 1.82) is 0 Å². The van der Waals surface area contributed by atoms with Gasteiger partial charge in [-0.05, 0) is 108 Å². The Bertz CT molecular complexity index is 4010. The van der Waals surface area contributed by atoms with E-state index in [-0.39, 0.29) is 0 Å². The molecule has 3 aromatic heterocycles. The van der Waals surface area contributed by atoms with Crippen LogP contribution in [0.25, 0.3) is 145 Å². The number of rotatable bonds is 3. The monoisotopic (exact) mass is 852 g/mol. The van der Waals surface area contributed by atoms with Gasteiger partial charge < -0.3 is 4.42 Å². The molecule has 0 radical (unpaired) electrons. The van der Waals surface area contributed by atoms with Crippen LogP contribution in [0.5, 0.6) is 0 Å². The van der Waals surface area contributed by atoms with Gasteiger partial charge in [-0.2, -0.15) is 0 Å². The number of furan rings is 1. The molecule has 0 amide bonds. The molecule has 2 aliphatic rings. The van der Waals surface area contributed by atoms with Crippen molar-refractivity contribution in [1.82, 2.24) is 19.9 Å². The van der Waals surface area contributed by atoms with Gasteiger partial charge in [-0.25, -0.2) is 15.0 Å². The maximum atomic E-state index is 6.54. The fourth-order valence-electron chi connectivity index (χ4n) is 10.6. The second-order valence-corrected chi connectivity index (χ2v) is 17.3. The van der Waals surface area contributed by atoms with Gasteiger partial charge in [0.25, 0.3) is 0 Å². The zero-order chi connectivity index (χ0) is 44.0. The molecule has 14 rings (SSSR count). The summed E-state index contributed by atoms with van der Waals surface area (Å²) in [5.74, 6) is 1.22. The number of fused-ring (bicyclic) bond motifs is 19. The molecule has 0 N–H and O–H groups in total. The average Bonchev–Trinajstić information content (AvgIpc) is 3.79. The fourth-order valence-corrected chi connectivity index (χ4v) is 10.6. The van der Waals surface area contributed by atoms with E-state index in [4.69, 9.17) is 24.4 Å². The molecule has 0 saturated heterocycles. The third kappa shape index (κ3) is 5.81. The molecule has 0 unspecified atom stereocenters. The van der Waals surface area contributed by atoms with Crippen LogP contribution in [0.1, 0.15) is 0 Å². The summed E-state index contributed by atoms with van der Waals surface area (Å²) in [4.78, 5) is 19.8. The molecule has 2 aliphatic carbocycles. The molecule has 9 aromatic carbocycles. The summed E-state index contributed by atoms with van der Waals surface area (Å²) in [7, 11) is 0. The first kappa shape index (κ1) is 37.3. The van der Waals surface area contributed by atoms with E-state index in [1.807, 2.05) is 24.4 Å². The second kappa shape index (κ2) is 14.7. The molecule has 67 heavy (non-hydrogen) atoms. The summed E-state index contributed by atoms with van der Waals surface area (Å²) in [5.41, 5.74) is 23.9. The summed E-state index contributed by atoms with van der Waals surface area (Å²) < 4.78 is 6.54. The molecular weight excluding hydrogens is 817 g/mol. The number of pyridine rings is 1. The van der Waals surface area contributed by atoms with E-state index < -0.39 is 0 Å². The smallest absolute Gasteiger partial charge is 0.163 e. The van der Waals surface area contributed by atoms with E-state index in [0.29, 0.717) is 11.6 Å². The molecular formula is C62H36N4O. The molecule has 0 bridgehead atoms. The standard InChI is InChI=1S/C62H36N4O/c1-4-17-45-41(13-1)42-14-2-5-18-46(42)56-34-38(27-30-49(56)48-29-26-37(33-55(45)48)40-22-11-23-54-51-20-9-10-25-58(51)67-60(40)54)61-64-36-65-62(66-61)39-28-31-50-53-24-12-32-63-59(53)52-21-8-7-16-44(52)43-15-3-6-19-47(43)57(50)35-39/h1-36H. The third-order valence-corrected chi connectivity index (χ3v) is 13.7. The number of benzene rings is 9. The zero-order valence-corrected chi connectivity index (χ0v) is 36.0. The lowest BCUT2D eigenvalue weighted by Crippen LogP contribution is -2.00. The summed E-state index contributed by atoms with van der Waals surface area (Å²) in [6.07, 6.45) is 3.52. The van der Waals surface area contributed by atoms with Crippen molar-refractivity contribution in [3.8, 4) is 123 Å². The van der Waals surface area contributed by atoms with Gasteiger partial charge in [0, 0.05) is 44.8 Å². The molecule has 0 spiro atoms. The molecule has 0 aliphatic heterocycles. The Hall–Kier alpha value is -9.06. The minimum absolute atomic E-state index is 0.609. The molecule has 12 aromatic rings. The normalized spacial score (nSPS) is 11.9. The Kier molecular flexibility index (Phi) is 8.21. The van der Waals surface area contributed by atoms with E-state index in [1.165, 1.54) is 16.7 Å². The van der Waals surface area contributed by atoms with Crippen molar-refractivity contribution >= 4 is 21.9 Å². The molecule has 0 fully saturated rings. The average molecular weight is 853 g/mol. The maximum Gasteiger partial charge on any atom is 0.163 e. The summed E-state index contributed by atoms with van der Waals surface area (Å²) in [5, 5.41) is 2.24. The third-order valence-electron chi connectivity index (χ3n) is 13.7. The lowest BCUT2D eigenvalue weighted by atomic mass is 9.79. The van der Waals surface area contributed by atoms with Crippen LogP contribution in [0.2, 0.25) is 0 Å². The topological polar surface area (TPSA) is 64.7 Å². The highest BCUT2D eigenvalue weighted by Gasteiger charge is 2.26. The second-order valence-electron chi connectivity index (χ2n) is 17.3. The van der Waals surface area contributed by atoms with Gasteiger partial charge in [-0.3, -0.25) is 4.98 Å². The molecule has 3 heterocycles. The number of aromatic nitrogens is 4. The summed E-state index contributed by atoms with van der Waals surface area (Å²) in [6, 6.07) is 73.7. The first-order valence-electron chi connectivity index (χ1n) is 22.6. The highest BCUT2D eigenvalue weighted by atomic mass is 16.3. The van der Waals surface area contributed by atoms with Crippen molar-refractivity contribution in [2.24, 2.45) is 0 Å². The molecule has 5 nitrogen and oxygen atoms in total. The van der Waals surface area contributed by atoms with Crippen molar-refractivity contribution in [2.45, 2.75) is 0 Å². The molecule has 0 atom stereocenters. The highest BCUT2D eigenvalue weighted by Crippen LogP contribution is 2.51. The van der Waals surface area contributed by atoms with E-state index in [9.17, 15) is 0 Å². The van der Waals surface area contributed by atoms with Gasteiger partial charge in [-0.1, -0.05) is 176 Å². The predicted octanol–water partition coefficient (Wildman–Crippen LogP) is 16.1. The number of para-hydroxylation sites is 2. The number of nitrogens with zero attached hydrogens (tertiary/aromatic N) is 4. The van der Waals surface area contributed by atoms with Crippen LogP contribution >= 0.6 is 0 Å². The van der Waals surface area contributed by atoms with Crippen LogP contribution in [0.15, 0.2) is 223 Å². The van der Waals surface area contributed by atoms with Crippen LogP contribution in [0.3, 0.4) is 0 Å². The van der Waals surface area contributed by atoms with E-state index in [2.05, 4.69) is 188 Å². The zero-order valence-electron chi connectivity index (χ0n) is 36.0. The van der Waals surface area contributed by atoms with Crippen LogP contribution in [-0.4, -0.2) is 19.9 Å². The van der Waals surface area contributed by atoms with Gasteiger partial charge in [0.2, 0.25) is 0 Å². The van der Waals surface area contributed by atoms with Crippen molar-refractivity contribution in [3.63, 3.8) is 0 Å². The quantitative estimate of drug-likeness (QED) is 0.177. The van der Waals surface area contributed by atoms with E-state index in [1.54, 1.807) is 6.33 Å². The lowest BCUT2D eigenvalue weighted by molar-refractivity contribution is 0.670. The van der Waals surface area contributed by atoms with Crippen molar-refractivity contribution in [2.75, 3.05) is 0 Å². The summed E-state index contributed by atoms with van der Waals surface area (Å²) >= 11 is 0. The SMILES string of the molecule is c1ccc2c(c1)-c1ccccc1-c1cc(-c3cccc4c3oc3ccccc34)ccc1-c1ccc(-c3ncnc(-c4ccc5c(c4)-c4ccccc4-c4ccccc4-c4ncccc4-5)n3)cc1-2. The molecule has 0 saturated carbocycles. The Morgan fingerprint density at radius 3 is 1.30 bits per heavy atom. The Morgan fingerprint density at radius 2 is 0.701 bits per heavy atom. The van der Waals surface area contributed by atoms with Crippen LogP contribution < -0.4 is 0 Å². The van der Waals surface area contributed by atoms with Gasteiger partial charge >= 0.3 is 0 Å². The first-order valence-corrected chi connectivity index (χ1v) is 22.6. The highest BCUT2D eigenvalue weighted by molar-refractivity contribution is 6.11. The van der Waals surface area contributed by atoms with Gasteiger partial charge in [0.15, 0.2) is 11.6 Å². The van der Waals surface area contributed by atoms with Crippen molar-refractivity contribution < 1.29 is 4.42 Å². The van der Waals surface area contributed by atoms with Crippen LogP contribution in [0.4, 0.5) is 0 Å². The Balaban J connectivity index is 0.917. The van der Waals surface area contributed by atoms with Gasteiger partial charge in [0.1, 0.15) is 17.5 Å². The maximum absolute atomic E-state index is 6.54. The van der Waals surface area contributed by atoms with Gasteiger partial charge in [-0.15, -0.1) is 0 Å². The van der Waals surface area contributed by atoms with Crippen LogP contribution in [0, 0.1) is 0 Å². The molecule has 310 valence electrons. The van der Waals surface area contributed by atoms with Gasteiger partial charge in [0.05, 0.1) is 5.69 Å². The number of hydrogen-bond acceptors (Lipinski definition) is 5. The fraction of sp³-hybridized carbons (Fsp3) is 0. The Morgan fingerprint density at radius 1 is 0.284 bits per heavy atom. The predicted molar refractivity (Wildman–Crippen MR) is 272 cm³/mol. The molecule has 5 heteroatoms. The Labute approximate surface area is 386 Å². The van der Waals surface area contributed by atoms with Crippen molar-refractivity contribution in [3.05, 3.63) is 219 Å². The van der Waals surface area contributed by atoms with E-state index in [0.717, 1.165) is 117 Å². The largest absolute Gasteiger partial charge is 0.455 e. The minimum Gasteiger partial charge on any atom is -0.455 e. The number of hydrogen-bond donors (Lipinski definition) is 0.